The molecule has 3 aliphatic heterocycles. The Morgan fingerprint density at radius 2 is 1.94 bits per heavy atom. The van der Waals surface area contributed by atoms with Crippen LogP contribution in [0.15, 0.2) is 45.6 Å². The van der Waals surface area contributed by atoms with Crippen LogP contribution in [0.25, 0.3) is 0 Å². The van der Waals surface area contributed by atoms with E-state index in [0.29, 0.717) is 22.8 Å². The van der Waals surface area contributed by atoms with Crippen molar-refractivity contribution >= 4 is 28.8 Å². The van der Waals surface area contributed by atoms with Gasteiger partial charge in [-0.05, 0) is 38.2 Å². The van der Waals surface area contributed by atoms with Crippen molar-refractivity contribution in [2.75, 3.05) is 33.9 Å². The molecular weight excluding hydrogens is 442 g/mol. The van der Waals surface area contributed by atoms with Crippen molar-refractivity contribution in [1.29, 1.82) is 0 Å². The maximum atomic E-state index is 13.1. The van der Waals surface area contributed by atoms with Crippen LogP contribution in [0.2, 0.25) is 0 Å². The fourth-order valence-electron chi connectivity index (χ4n) is 4.49. The molecule has 4 rings (SSSR count). The molecule has 1 atom stereocenters. The molecule has 3 aliphatic rings. The largest absolute Gasteiger partial charge is 0.493 e. The molecule has 0 aliphatic carbocycles. The standard InChI is InChI=1S/C24H29N3O5S/c1-5-32-23(29)20-15(2)25-24-27(16(14-33-24)13-19(28)26-11-6-7-12-26)21(20)17-9-8-10-18(30-3)22(17)31-4/h8-10,14,21H,5-7,11-13H2,1-4H3. The van der Waals surface area contributed by atoms with Gasteiger partial charge in [0.15, 0.2) is 16.7 Å². The molecule has 3 heterocycles. The van der Waals surface area contributed by atoms with Gasteiger partial charge in [-0.1, -0.05) is 23.9 Å². The van der Waals surface area contributed by atoms with Crippen molar-refractivity contribution in [1.82, 2.24) is 9.80 Å². The number of amides is 1. The van der Waals surface area contributed by atoms with Crippen LogP contribution in [0.1, 0.15) is 44.7 Å². The number of methoxy groups -OCH3 is 2. The number of hydrogen-bond acceptors (Lipinski definition) is 8. The van der Waals surface area contributed by atoms with E-state index in [-0.39, 0.29) is 18.9 Å². The zero-order chi connectivity index (χ0) is 23.5. The van der Waals surface area contributed by atoms with Crippen LogP contribution in [-0.2, 0) is 14.3 Å². The summed E-state index contributed by atoms with van der Waals surface area (Å²) >= 11 is 1.46. The Bertz CT molecular complexity index is 1040. The Morgan fingerprint density at radius 1 is 1.18 bits per heavy atom. The molecular formula is C24H29N3O5S. The molecule has 1 saturated heterocycles. The van der Waals surface area contributed by atoms with Crippen LogP contribution >= 0.6 is 11.8 Å². The lowest BCUT2D eigenvalue weighted by molar-refractivity contribution is -0.139. The highest BCUT2D eigenvalue weighted by Crippen LogP contribution is 2.48. The van der Waals surface area contributed by atoms with E-state index in [1.165, 1.54) is 11.8 Å². The highest BCUT2D eigenvalue weighted by molar-refractivity contribution is 8.16. The van der Waals surface area contributed by atoms with E-state index in [0.717, 1.165) is 42.4 Å². The minimum Gasteiger partial charge on any atom is -0.493 e. The van der Waals surface area contributed by atoms with E-state index in [1.54, 1.807) is 21.1 Å². The molecule has 8 nitrogen and oxygen atoms in total. The van der Waals surface area contributed by atoms with Gasteiger partial charge >= 0.3 is 5.97 Å². The van der Waals surface area contributed by atoms with E-state index < -0.39 is 12.0 Å². The molecule has 0 saturated carbocycles. The lowest BCUT2D eigenvalue weighted by atomic mass is 9.92. The number of para-hydroxylation sites is 1. The number of aliphatic imine (C=N–C) groups is 1. The third kappa shape index (κ3) is 4.34. The molecule has 176 valence electrons. The van der Waals surface area contributed by atoms with Gasteiger partial charge in [0.05, 0.1) is 44.6 Å². The quantitative estimate of drug-likeness (QED) is 0.559. The smallest absolute Gasteiger partial charge is 0.338 e. The monoisotopic (exact) mass is 471 g/mol. The summed E-state index contributed by atoms with van der Waals surface area (Å²) in [6.07, 6.45) is 2.31. The Kier molecular flexibility index (Phi) is 6.97. The van der Waals surface area contributed by atoms with Gasteiger partial charge in [0.25, 0.3) is 0 Å². The minimum atomic E-state index is -0.561. The molecule has 1 amide bonds. The van der Waals surface area contributed by atoms with Gasteiger partial charge in [0.1, 0.15) is 0 Å². The SMILES string of the molecule is CCOC(=O)C1=C(C)N=C2SC=C(CC(=O)N3CCCC3)N2C1c1cccc(OC)c1OC. The third-order valence-corrected chi connectivity index (χ3v) is 6.90. The summed E-state index contributed by atoms with van der Waals surface area (Å²) in [6, 6.07) is 5.02. The second-order valence-corrected chi connectivity index (χ2v) is 8.80. The summed E-state index contributed by atoms with van der Waals surface area (Å²) < 4.78 is 16.7. The van der Waals surface area contributed by atoms with Crippen LogP contribution in [0.3, 0.4) is 0 Å². The molecule has 1 aromatic carbocycles. The van der Waals surface area contributed by atoms with E-state index >= 15 is 0 Å². The maximum absolute atomic E-state index is 13.1. The maximum Gasteiger partial charge on any atom is 0.338 e. The van der Waals surface area contributed by atoms with Crippen molar-refractivity contribution in [3.63, 3.8) is 0 Å². The number of esters is 1. The number of nitrogens with zero attached hydrogens (tertiary/aromatic N) is 3. The van der Waals surface area contributed by atoms with Crippen molar-refractivity contribution in [3.05, 3.63) is 46.1 Å². The van der Waals surface area contributed by atoms with Crippen molar-refractivity contribution in [2.45, 2.75) is 39.2 Å². The molecule has 1 fully saturated rings. The lowest BCUT2D eigenvalue weighted by Crippen LogP contribution is -2.38. The Labute approximate surface area is 198 Å². The Morgan fingerprint density at radius 3 is 2.61 bits per heavy atom. The summed E-state index contributed by atoms with van der Waals surface area (Å²) in [4.78, 5) is 34.7. The van der Waals surface area contributed by atoms with Gasteiger partial charge < -0.3 is 24.0 Å². The number of hydrogen-bond donors (Lipinski definition) is 0. The van der Waals surface area contributed by atoms with E-state index in [4.69, 9.17) is 19.2 Å². The number of carbonyl (C=O) groups excluding carboxylic acids is 2. The average molecular weight is 472 g/mol. The molecule has 1 aromatic rings. The summed E-state index contributed by atoms with van der Waals surface area (Å²) in [5, 5.41) is 2.67. The molecule has 9 heteroatoms. The molecule has 1 unspecified atom stereocenters. The number of benzene rings is 1. The number of fused-ring (bicyclic) bond motifs is 1. The summed E-state index contributed by atoms with van der Waals surface area (Å²) in [6.45, 7) is 5.42. The molecule has 0 bridgehead atoms. The number of thioether (sulfide) groups is 1. The highest BCUT2D eigenvalue weighted by Gasteiger charge is 2.43. The zero-order valence-corrected chi connectivity index (χ0v) is 20.2. The third-order valence-electron chi connectivity index (χ3n) is 6.02. The Hall–Kier alpha value is -2.94. The molecule has 0 aromatic heterocycles. The summed E-state index contributed by atoms with van der Waals surface area (Å²) in [5.41, 5.74) is 2.56. The summed E-state index contributed by atoms with van der Waals surface area (Å²) in [5.74, 6) is 0.740. The first-order valence-corrected chi connectivity index (χ1v) is 12.0. The van der Waals surface area contributed by atoms with Crippen LogP contribution < -0.4 is 9.47 Å². The highest BCUT2D eigenvalue weighted by atomic mass is 32.2. The molecule has 0 radical (unpaired) electrons. The normalized spacial score (nSPS) is 19.8. The number of rotatable bonds is 7. The van der Waals surface area contributed by atoms with Crippen molar-refractivity contribution in [2.24, 2.45) is 4.99 Å². The minimum absolute atomic E-state index is 0.0842. The van der Waals surface area contributed by atoms with Gasteiger partial charge in [-0.15, -0.1) is 0 Å². The lowest BCUT2D eigenvalue weighted by Gasteiger charge is -2.37. The second kappa shape index (κ2) is 9.91. The topological polar surface area (TPSA) is 80.7 Å². The number of carbonyl (C=O) groups is 2. The first kappa shape index (κ1) is 23.2. The van der Waals surface area contributed by atoms with Gasteiger partial charge in [-0.3, -0.25) is 4.79 Å². The van der Waals surface area contributed by atoms with Crippen molar-refractivity contribution < 1.29 is 23.8 Å². The number of amidine groups is 1. The van der Waals surface area contributed by atoms with Crippen LogP contribution in [0.4, 0.5) is 0 Å². The van der Waals surface area contributed by atoms with E-state index in [1.807, 2.05) is 40.3 Å². The predicted molar refractivity (Wildman–Crippen MR) is 127 cm³/mol. The van der Waals surface area contributed by atoms with Gasteiger partial charge in [0, 0.05) is 24.4 Å². The second-order valence-electron chi connectivity index (χ2n) is 7.96. The number of allylic oxidation sites excluding steroid dienone is 1. The van der Waals surface area contributed by atoms with Crippen LogP contribution in [0, 0.1) is 0 Å². The predicted octanol–water partition coefficient (Wildman–Crippen LogP) is 3.85. The van der Waals surface area contributed by atoms with E-state index in [9.17, 15) is 9.59 Å². The first-order chi connectivity index (χ1) is 16.0. The van der Waals surface area contributed by atoms with Gasteiger partial charge in [-0.25, -0.2) is 9.79 Å². The van der Waals surface area contributed by atoms with E-state index in [2.05, 4.69) is 0 Å². The fourth-order valence-corrected chi connectivity index (χ4v) is 5.46. The number of likely N-dealkylation sites (tertiary alicyclic amines) is 1. The first-order valence-electron chi connectivity index (χ1n) is 11.1. The Balaban J connectivity index is 1.79. The molecule has 0 N–H and O–H groups in total. The van der Waals surface area contributed by atoms with Crippen molar-refractivity contribution in [3.8, 4) is 11.5 Å². The molecule has 33 heavy (non-hydrogen) atoms. The van der Waals surface area contributed by atoms with Crippen LogP contribution in [-0.4, -0.2) is 60.8 Å². The molecule has 0 spiro atoms. The summed E-state index contributed by atoms with van der Waals surface area (Å²) in [7, 11) is 3.15. The zero-order valence-electron chi connectivity index (χ0n) is 19.4. The van der Waals surface area contributed by atoms with Gasteiger partial charge in [-0.2, -0.15) is 0 Å². The van der Waals surface area contributed by atoms with Crippen LogP contribution in [0.5, 0.6) is 11.5 Å². The van der Waals surface area contributed by atoms with Gasteiger partial charge in [0.2, 0.25) is 5.91 Å². The number of ether oxygens (including phenoxy) is 3. The average Bonchev–Trinajstić information content (AvgIpc) is 3.48. The fraction of sp³-hybridized carbons (Fsp3) is 0.458.